The molecule has 2 unspecified atom stereocenters. The van der Waals surface area contributed by atoms with Gasteiger partial charge in [-0.3, -0.25) is 14.4 Å². The average Bonchev–Trinajstić information content (AvgIpc) is 3.54. The summed E-state index contributed by atoms with van der Waals surface area (Å²) in [4.78, 5) is 55.5. The highest BCUT2D eigenvalue weighted by molar-refractivity contribution is 8.00. The largest absolute Gasteiger partial charge is 0.465 e. The highest BCUT2D eigenvalue weighted by Gasteiger charge is 2.31. The Morgan fingerprint density at radius 1 is 0.906 bits per heavy atom. The van der Waals surface area contributed by atoms with E-state index in [4.69, 9.17) is 4.74 Å². The maximum absolute atomic E-state index is 13.8. The molecule has 1 aromatic heterocycles. The molecule has 3 amide bonds. The lowest BCUT2D eigenvalue weighted by Crippen LogP contribution is -2.30. The van der Waals surface area contributed by atoms with E-state index >= 15 is 0 Å². The predicted octanol–water partition coefficient (Wildman–Crippen LogP) is 9.03. The lowest BCUT2D eigenvalue weighted by atomic mass is 9.83. The molecule has 8 nitrogen and oxygen atoms in total. The number of benzene rings is 4. The molecule has 53 heavy (non-hydrogen) atoms. The van der Waals surface area contributed by atoms with Gasteiger partial charge in [-0.25, -0.2) is 4.79 Å². The summed E-state index contributed by atoms with van der Waals surface area (Å²) in [5.41, 5.74) is 5.45. The van der Waals surface area contributed by atoms with E-state index in [1.165, 1.54) is 35.8 Å². The molecule has 4 aromatic carbocycles. The molecule has 1 heterocycles. The Morgan fingerprint density at radius 2 is 1.62 bits per heavy atom. The van der Waals surface area contributed by atoms with Crippen molar-refractivity contribution in [1.82, 2.24) is 5.32 Å². The Kier molecular flexibility index (Phi) is 12.2. The zero-order chi connectivity index (χ0) is 37.3. The third-order valence-corrected chi connectivity index (χ3v) is 11.7. The molecule has 0 fully saturated rings. The number of methoxy groups -OCH3 is 1. The van der Waals surface area contributed by atoms with Crippen LogP contribution in [0.3, 0.4) is 0 Å². The number of hydrogen-bond donors (Lipinski definition) is 3. The van der Waals surface area contributed by atoms with Gasteiger partial charge in [-0.15, -0.1) is 23.1 Å². The maximum atomic E-state index is 13.8. The van der Waals surface area contributed by atoms with Crippen LogP contribution in [0.15, 0.2) is 120 Å². The van der Waals surface area contributed by atoms with Crippen molar-refractivity contribution >= 4 is 63.6 Å². The molecule has 2 atom stereocenters. The number of hydrogen-bond acceptors (Lipinski definition) is 7. The van der Waals surface area contributed by atoms with Crippen LogP contribution in [0, 0.1) is 6.92 Å². The van der Waals surface area contributed by atoms with E-state index < -0.39 is 23.0 Å². The summed E-state index contributed by atoms with van der Waals surface area (Å²) in [6.07, 6.45) is 4.62. The van der Waals surface area contributed by atoms with Crippen molar-refractivity contribution in [2.75, 3.05) is 17.7 Å². The van der Waals surface area contributed by atoms with Gasteiger partial charge in [0, 0.05) is 21.0 Å². The van der Waals surface area contributed by atoms with Gasteiger partial charge < -0.3 is 20.7 Å². The van der Waals surface area contributed by atoms with E-state index in [-0.39, 0.29) is 11.6 Å². The summed E-state index contributed by atoms with van der Waals surface area (Å²) in [6, 6.07) is 34.0. The van der Waals surface area contributed by atoms with Gasteiger partial charge in [0.15, 0.2) is 0 Å². The minimum Gasteiger partial charge on any atom is -0.465 e. The van der Waals surface area contributed by atoms with Crippen LogP contribution < -0.4 is 16.0 Å². The molecule has 0 spiro atoms. The van der Waals surface area contributed by atoms with Crippen molar-refractivity contribution in [3.05, 3.63) is 153 Å². The zero-order valence-electron chi connectivity index (χ0n) is 29.8. The standard InChI is InChI=1S/C43H41N3O5S2/c1-4-36(41(49)46-42-38(43(50)51-3)34-23-22-31(25-37(34)53-42)28-15-7-5-8-16-28)52-33-21-13-20-32(26-33)44-40(48)35(24-30-19-12-11-14-27(30)2)45-39(47)29-17-9-6-10-18-29/h5-21,24,26,31,36H,4,22-23,25H2,1-3H3,(H,44,48)(H,45,47)(H,46,49)/b35-24-. The molecule has 0 radical (unpaired) electrons. The van der Waals surface area contributed by atoms with Gasteiger partial charge >= 0.3 is 5.97 Å². The normalized spacial score (nSPS) is 14.4. The fourth-order valence-electron chi connectivity index (χ4n) is 6.37. The van der Waals surface area contributed by atoms with Crippen molar-refractivity contribution in [1.29, 1.82) is 0 Å². The Labute approximate surface area is 318 Å². The van der Waals surface area contributed by atoms with Gasteiger partial charge in [-0.2, -0.15) is 0 Å². The Balaban J connectivity index is 1.17. The smallest absolute Gasteiger partial charge is 0.341 e. The van der Waals surface area contributed by atoms with E-state index in [2.05, 4.69) is 28.1 Å². The van der Waals surface area contributed by atoms with Crippen molar-refractivity contribution < 1.29 is 23.9 Å². The number of fused-ring (bicyclic) bond motifs is 1. The summed E-state index contributed by atoms with van der Waals surface area (Å²) in [5, 5.41) is 8.82. The number of rotatable bonds is 12. The first-order valence-electron chi connectivity index (χ1n) is 17.5. The van der Waals surface area contributed by atoms with Crippen LogP contribution in [-0.4, -0.2) is 36.1 Å². The number of thiophene rings is 1. The van der Waals surface area contributed by atoms with Gasteiger partial charge in [-0.1, -0.05) is 85.8 Å². The van der Waals surface area contributed by atoms with E-state index in [0.717, 1.165) is 45.7 Å². The molecule has 0 saturated heterocycles. The van der Waals surface area contributed by atoms with Crippen LogP contribution in [0.25, 0.3) is 6.08 Å². The summed E-state index contributed by atoms with van der Waals surface area (Å²) in [7, 11) is 1.36. The van der Waals surface area contributed by atoms with Crippen LogP contribution in [0.4, 0.5) is 10.7 Å². The minimum atomic E-state index is -0.490. The second-order valence-electron chi connectivity index (χ2n) is 12.8. The van der Waals surface area contributed by atoms with Crippen molar-refractivity contribution in [2.45, 2.75) is 55.6 Å². The van der Waals surface area contributed by atoms with E-state index in [1.807, 2.05) is 74.5 Å². The average molecular weight is 744 g/mol. The first-order chi connectivity index (χ1) is 25.7. The number of aryl methyl sites for hydroxylation is 1. The number of ether oxygens (including phenoxy) is 1. The van der Waals surface area contributed by atoms with Crippen LogP contribution in [0.2, 0.25) is 0 Å². The number of esters is 1. The summed E-state index contributed by atoms with van der Waals surface area (Å²) < 4.78 is 5.17. The first-order valence-corrected chi connectivity index (χ1v) is 19.2. The lowest BCUT2D eigenvalue weighted by Gasteiger charge is -2.22. The molecule has 6 rings (SSSR count). The summed E-state index contributed by atoms with van der Waals surface area (Å²) in [6.45, 7) is 3.87. The van der Waals surface area contributed by atoms with Crippen molar-refractivity contribution in [3.8, 4) is 0 Å². The predicted molar refractivity (Wildman–Crippen MR) is 214 cm³/mol. The molecular formula is C43H41N3O5S2. The van der Waals surface area contributed by atoms with Crippen molar-refractivity contribution in [3.63, 3.8) is 0 Å². The number of nitrogens with one attached hydrogen (secondary N) is 3. The highest BCUT2D eigenvalue weighted by Crippen LogP contribution is 2.43. The monoisotopic (exact) mass is 743 g/mol. The van der Waals surface area contributed by atoms with E-state index in [0.29, 0.717) is 34.2 Å². The molecule has 0 saturated carbocycles. The lowest BCUT2D eigenvalue weighted by molar-refractivity contribution is -0.116. The molecule has 1 aliphatic rings. The van der Waals surface area contributed by atoms with Gasteiger partial charge in [0.2, 0.25) is 5.91 Å². The SMILES string of the molecule is CCC(Sc1cccc(NC(=O)/C(=C/c2ccccc2C)NC(=O)c2ccccc2)c1)C(=O)Nc1sc2c(c1C(=O)OC)CCC(c1ccccc1)C2. The molecule has 5 aromatic rings. The van der Waals surface area contributed by atoms with Gasteiger partial charge in [0.05, 0.1) is 17.9 Å². The van der Waals surface area contributed by atoms with Crippen LogP contribution in [0.1, 0.15) is 73.5 Å². The second kappa shape index (κ2) is 17.4. The highest BCUT2D eigenvalue weighted by atomic mass is 32.2. The fraction of sp³-hybridized carbons (Fsp3) is 0.209. The number of amides is 3. The molecule has 3 N–H and O–H groups in total. The molecule has 0 bridgehead atoms. The van der Waals surface area contributed by atoms with Crippen LogP contribution in [0.5, 0.6) is 0 Å². The molecular weight excluding hydrogens is 703 g/mol. The fourth-order valence-corrected chi connectivity index (χ4v) is 8.70. The van der Waals surface area contributed by atoms with Crippen LogP contribution in [-0.2, 0) is 27.2 Å². The van der Waals surface area contributed by atoms with E-state index in [9.17, 15) is 19.2 Å². The third kappa shape index (κ3) is 9.14. The molecule has 10 heteroatoms. The quantitative estimate of drug-likeness (QED) is 0.0668. The van der Waals surface area contributed by atoms with Gasteiger partial charge in [0.25, 0.3) is 11.8 Å². The number of anilines is 2. The summed E-state index contributed by atoms with van der Waals surface area (Å²) >= 11 is 2.83. The Bertz CT molecular complexity index is 2150. The molecule has 270 valence electrons. The number of carbonyl (C=O) groups excluding carboxylic acids is 4. The summed E-state index contributed by atoms with van der Waals surface area (Å²) in [5.74, 6) is -1.22. The van der Waals surface area contributed by atoms with Crippen LogP contribution >= 0.6 is 23.1 Å². The second-order valence-corrected chi connectivity index (χ2v) is 15.2. The van der Waals surface area contributed by atoms with Gasteiger partial charge in [0.1, 0.15) is 10.7 Å². The van der Waals surface area contributed by atoms with E-state index in [1.54, 1.807) is 42.5 Å². The molecule has 1 aliphatic carbocycles. The van der Waals surface area contributed by atoms with Gasteiger partial charge in [-0.05, 0) is 97.2 Å². The third-order valence-electron chi connectivity index (χ3n) is 9.21. The zero-order valence-corrected chi connectivity index (χ0v) is 31.4. The van der Waals surface area contributed by atoms with Crippen molar-refractivity contribution in [2.24, 2.45) is 0 Å². The first kappa shape index (κ1) is 37.3. The Hall–Kier alpha value is -5.45. The minimum absolute atomic E-state index is 0.0900. The Morgan fingerprint density at radius 3 is 2.34 bits per heavy atom. The molecule has 0 aliphatic heterocycles. The number of carbonyl (C=O) groups is 4. The number of thioether (sulfide) groups is 1. The maximum Gasteiger partial charge on any atom is 0.341 e. The topological polar surface area (TPSA) is 114 Å².